The van der Waals surface area contributed by atoms with Gasteiger partial charge in [0, 0.05) is 12.1 Å². The Morgan fingerprint density at radius 2 is 1.65 bits per heavy atom. The first-order chi connectivity index (χ1) is 9.76. The molecule has 0 saturated carbocycles. The number of nitrogens with one attached hydrogen (secondary N) is 1. The van der Waals surface area contributed by atoms with Crippen LogP contribution in [0.4, 0.5) is 0 Å². The van der Waals surface area contributed by atoms with E-state index in [1.165, 1.54) is 5.56 Å². The summed E-state index contributed by atoms with van der Waals surface area (Å²) in [6, 6.07) is 16.1. The van der Waals surface area contributed by atoms with Crippen LogP contribution in [0, 0.1) is 0 Å². The number of ether oxygens (including phenoxy) is 2. The fourth-order valence-corrected chi connectivity index (χ4v) is 2.20. The van der Waals surface area contributed by atoms with Crippen molar-refractivity contribution in [2.24, 2.45) is 0 Å². The molecule has 1 atom stereocenters. The molecule has 0 aliphatic heterocycles. The normalized spacial score (nSPS) is 11.9. The third-order valence-electron chi connectivity index (χ3n) is 3.29. The summed E-state index contributed by atoms with van der Waals surface area (Å²) in [4.78, 5) is 0. The van der Waals surface area contributed by atoms with Gasteiger partial charge in [-0.2, -0.15) is 0 Å². The van der Waals surface area contributed by atoms with Crippen LogP contribution >= 0.6 is 0 Å². The molecule has 0 fully saturated rings. The number of hydrogen-bond acceptors (Lipinski definition) is 3. The molecule has 2 aromatic carbocycles. The number of rotatable bonds is 6. The maximum Gasteiger partial charge on any atom is 0.131 e. The second kappa shape index (κ2) is 6.96. The second-order valence-electron chi connectivity index (χ2n) is 4.60. The quantitative estimate of drug-likeness (QED) is 0.855. The Hall–Kier alpha value is -2.00. The first kappa shape index (κ1) is 14.4. The third kappa shape index (κ3) is 3.52. The lowest BCUT2D eigenvalue weighted by molar-refractivity contribution is 0.409. The molecular weight excluding hydrogens is 250 g/mol. The van der Waals surface area contributed by atoms with Crippen molar-refractivity contribution in [2.45, 2.75) is 19.4 Å². The molecular formula is C17H21NO2. The van der Waals surface area contributed by atoms with Crippen LogP contribution in [0.25, 0.3) is 0 Å². The molecule has 0 spiro atoms. The zero-order valence-corrected chi connectivity index (χ0v) is 12.2. The summed E-state index contributed by atoms with van der Waals surface area (Å²) in [6.07, 6.45) is 1.04. The van der Waals surface area contributed by atoms with Crippen molar-refractivity contribution in [3.8, 4) is 17.2 Å². The van der Waals surface area contributed by atoms with E-state index in [-0.39, 0.29) is 0 Å². The highest BCUT2D eigenvalue weighted by Gasteiger charge is 2.07. The monoisotopic (exact) mass is 271 g/mol. The van der Waals surface area contributed by atoms with Gasteiger partial charge in [0.2, 0.25) is 0 Å². The lowest BCUT2D eigenvalue weighted by Crippen LogP contribution is -2.14. The van der Waals surface area contributed by atoms with Gasteiger partial charge >= 0.3 is 0 Å². The molecule has 0 radical (unpaired) electrons. The van der Waals surface area contributed by atoms with Crippen LogP contribution in [-0.4, -0.2) is 14.2 Å². The van der Waals surface area contributed by atoms with Crippen molar-refractivity contribution < 1.29 is 9.47 Å². The van der Waals surface area contributed by atoms with Crippen molar-refractivity contribution in [3.05, 3.63) is 54.1 Å². The number of methoxy groups -OCH3 is 1. The largest absolute Gasteiger partial charge is 0.497 e. The van der Waals surface area contributed by atoms with Crippen LogP contribution in [0.2, 0.25) is 0 Å². The minimum absolute atomic E-state index is 0.351. The van der Waals surface area contributed by atoms with E-state index in [2.05, 4.69) is 24.4 Å². The van der Waals surface area contributed by atoms with Gasteiger partial charge < -0.3 is 14.8 Å². The standard InChI is InChI=1S/C17H21NO2/c1-4-17(18-2)13-7-5-9-15(11-13)20-16-10-6-8-14(12-16)19-3/h5-12,17-18H,4H2,1-3H3. The van der Waals surface area contributed by atoms with E-state index in [0.717, 1.165) is 23.7 Å². The van der Waals surface area contributed by atoms with Crippen molar-refractivity contribution in [2.75, 3.05) is 14.2 Å². The predicted molar refractivity (Wildman–Crippen MR) is 81.6 cm³/mol. The highest BCUT2D eigenvalue weighted by Crippen LogP contribution is 2.27. The smallest absolute Gasteiger partial charge is 0.131 e. The van der Waals surface area contributed by atoms with E-state index in [4.69, 9.17) is 9.47 Å². The van der Waals surface area contributed by atoms with Crippen molar-refractivity contribution in [1.29, 1.82) is 0 Å². The summed E-state index contributed by atoms with van der Waals surface area (Å²) >= 11 is 0. The molecule has 20 heavy (non-hydrogen) atoms. The van der Waals surface area contributed by atoms with Gasteiger partial charge in [0.25, 0.3) is 0 Å². The van der Waals surface area contributed by atoms with E-state index >= 15 is 0 Å². The van der Waals surface area contributed by atoms with E-state index in [1.807, 2.05) is 43.4 Å². The van der Waals surface area contributed by atoms with Gasteiger partial charge in [-0.1, -0.05) is 25.1 Å². The Morgan fingerprint density at radius 1 is 1.00 bits per heavy atom. The van der Waals surface area contributed by atoms with Crippen LogP contribution in [0.15, 0.2) is 48.5 Å². The molecule has 1 N–H and O–H groups in total. The van der Waals surface area contributed by atoms with Crippen molar-refractivity contribution in [3.63, 3.8) is 0 Å². The predicted octanol–water partition coefficient (Wildman–Crippen LogP) is 4.16. The Balaban J connectivity index is 2.18. The maximum atomic E-state index is 5.89. The first-order valence-corrected chi connectivity index (χ1v) is 6.86. The van der Waals surface area contributed by atoms with Crippen molar-refractivity contribution >= 4 is 0 Å². The molecule has 2 aromatic rings. The zero-order chi connectivity index (χ0) is 14.4. The van der Waals surface area contributed by atoms with Crippen molar-refractivity contribution in [1.82, 2.24) is 5.32 Å². The number of hydrogen-bond donors (Lipinski definition) is 1. The highest BCUT2D eigenvalue weighted by molar-refractivity contribution is 5.38. The zero-order valence-electron chi connectivity index (χ0n) is 12.2. The second-order valence-corrected chi connectivity index (χ2v) is 4.60. The number of benzene rings is 2. The van der Waals surface area contributed by atoms with Crippen LogP contribution in [0.3, 0.4) is 0 Å². The molecule has 0 aromatic heterocycles. The molecule has 0 amide bonds. The molecule has 0 heterocycles. The highest BCUT2D eigenvalue weighted by atomic mass is 16.5. The van der Waals surface area contributed by atoms with Gasteiger partial charge in [0.15, 0.2) is 0 Å². The summed E-state index contributed by atoms with van der Waals surface area (Å²) in [7, 11) is 3.63. The lowest BCUT2D eigenvalue weighted by Gasteiger charge is -2.15. The average molecular weight is 271 g/mol. The Bertz CT molecular complexity index is 550. The summed E-state index contributed by atoms with van der Waals surface area (Å²) in [5.74, 6) is 2.41. The molecule has 0 aliphatic rings. The first-order valence-electron chi connectivity index (χ1n) is 6.86. The van der Waals surface area contributed by atoms with Gasteiger partial charge in [-0.25, -0.2) is 0 Å². The van der Waals surface area contributed by atoms with E-state index in [9.17, 15) is 0 Å². The summed E-state index contributed by atoms with van der Waals surface area (Å²) in [6.45, 7) is 2.16. The maximum absolute atomic E-state index is 5.89. The summed E-state index contributed by atoms with van der Waals surface area (Å²) in [5.41, 5.74) is 1.23. The SMILES string of the molecule is CCC(NC)c1cccc(Oc2cccc(OC)c2)c1. The van der Waals surface area contributed by atoms with E-state index < -0.39 is 0 Å². The molecule has 0 aliphatic carbocycles. The molecule has 3 nitrogen and oxygen atoms in total. The molecule has 0 saturated heterocycles. The van der Waals surface area contributed by atoms with Gasteiger partial charge in [0.05, 0.1) is 7.11 Å². The summed E-state index contributed by atoms with van der Waals surface area (Å²) < 4.78 is 11.1. The molecule has 2 rings (SSSR count). The lowest BCUT2D eigenvalue weighted by atomic mass is 10.0. The summed E-state index contributed by atoms with van der Waals surface area (Å²) in [5, 5.41) is 3.30. The van der Waals surface area contributed by atoms with Crippen LogP contribution < -0.4 is 14.8 Å². The molecule has 1 unspecified atom stereocenters. The topological polar surface area (TPSA) is 30.5 Å². The molecule has 106 valence electrons. The minimum Gasteiger partial charge on any atom is -0.497 e. The van der Waals surface area contributed by atoms with E-state index in [0.29, 0.717) is 6.04 Å². The van der Waals surface area contributed by atoms with Crippen LogP contribution in [-0.2, 0) is 0 Å². The average Bonchev–Trinajstić information content (AvgIpc) is 2.49. The molecule has 0 bridgehead atoms. The fraction of sp³-hybridized carbons (Fsp3) is 0.294. The van der Waals surface area contributed by atoms with Gasteiger partial charge in [-0.15, -0.1) is 0 Å². The fourth-order valence-electron chi connectivity index (χ4n) is 2.20. The Morgan fingerprint density at radius 3 is 2.30 bits per heavy atom. The van der Waals surface area contributed by atoms with E-state index in [1.54, 1.807) is 7.11 Å². The Kier molecular flexibility index (Phi) is 5.02. The van der Waals surface area contributed by atoms with Gasteiger partial charge in [0.1, 0.15) is 17.2 Å². The minimum atomic E-state index is 0.351. The molecule has 3 heteroatoms. The third-order valence-corrected chi connectivity index (χ3v) is 3.29. The van der Waals surface area contributed by atoms with Gasteiger partial charge in [-0.05, 0) is 43.3 Å². The van der Waals surface area contributed by atoms with Gasteiger partial charge in [-0.3, -0.25) is 0 Å². The Labute approximate surface area is 120 Å². The van der Waals surface area contributed by atoms with Crippen LogP contribution in [0.5, 0.6) is 17.2 Å². The van der Waals surface area contributed by atoms with Crippen LogP contribution in [0.1, 0.15) is 24.9 Å².